The van der Waals surface area contributed by atoms with Crippen LogP contribution in [0.5, 0.6) is 0 Å². The molecule has 4 N–H and O–H groups in total. The second-order valence-electron chi connectivity index (χ2n) is 10.7. The second-order valence-corrected chi connectivity index (χ2v) is 11.1. The molecule has 4 heterocycles. The van der Waals surface area contributed by atoms with E-state index in [0.717, 1.165) is 58.5 Å². The van der Waals surface area contributed by atoms with E-state index in [1.165, 1.54) is 5.56 Å². The largest absolute Gasteiger partial charge is 0.382 e. The highest BCUT2D eigenvalue weighted by molar-refractivity contribution is 6.32. The number of carbonyl (C=O) groups excluding carboxylic acids is 2. The molecule has 1 unspecified atom stereocenters. The van der Waals surface area contributed by atoms with Gasteiger partial charge in [-0.25, -0.2) is 9.97 Å². The minimum Gasteiger partial charge on any atom is -0.382 e. The molecule has 1 aromatic heterocycles. The number of amides is 2. The molecule has 212 valence electrons. The maximum Gasteiger partial charge on any atom is 0.274 e. The van der Waals surface area contributed by atoms with Crippen molar-refractivity contribution >= 4 is 35.1 Å². The molecule has 3 fully saturated rings. The topological polar surface area (TPSA) is 144 Å². The van der Waals surface area contributed by atoms with Gasteiger partial charge in [-0.3, -0.25) is 19.4 Å². The summed E-state index contributed by atoms with van der Waals surface area (Å²) in [6.45, 7) is 8.09. The summed E-state index contributed by atoms with van der Waals surface area (Å²) in [7, 11) is 0. The van der Waals surface area contributed by atoms with Crippen molar-refractivity contribution in [2.45, 2.75) is 57.3 Å². The van der Waals surface area contributed by atoms with Crippen molar-refractivity contribution in [3.63, 3.8) is 0 Å². The third-order valence-electron chi connectivity index (χ3n) is 8.25. The summed E-state index contributed by atoms with van der Waals surface area (Å²) in [5.41, 5.74) is 8.02. The molecule has 0 aliphatic carbocycles. The number of nitrogens with one attached hydrogen (secondary N) is 2. The molecule has 0 saturated carbocycles. The summed E-state index contributed by atoms with van der Waals surface area (Å²) < 4.78 is 0. The number of likely N-dealkylation sites (tertiary alicyclic amines) is 1. The zero-order valence-corrected chi connectivity index (χ0v) is 23.5. The Morgan fingerprint density at radius 2 is 1.93 bits per heavy atom. The number of nitrogens with two attached hydrogens (primary N) is 1. The number of piperidine rings is 1. The lowest BCUT2D eigenvalue weighted by atomic mass is 9.97. The summed E-state index contributed by atoms with van der Waals surface area (Å²) in [5.74, 6) is -0.282. The first-order chi connectivity index (χ1) is 19.4. The van der Waals surface area contributed by atoms with E-state index < -0.39 is 11.9 Å². The van der Waals surface area contributed by atoms with Gasteiger partial charge in [0, 0.05) is 44.8 Å². The van der Waals surface area contributed by atoms with E-state index in [9.17, 15) is 9.59 Å². The molecule has 3 saturated heterocycles. The van der Waals surface area contributed by atoms with Crippen LogP contribution in [0.15, 0.2) is 24.3 Å². The third-order valence-corrected chi connectivity index (χ3v) is 8.50. The zero-order valence-electron chi connectivity index (χ0n) is 22.8. The molecule has 5 rings (SSSR count). The second kappa shape index (κ2) is 12.4. The van der Waals surface area contributed by atoms with Crippen molar-refractivity contribution in [1.29, 1.82) is 5.26 Å². The lowest BCUT2D eigenvalue weighted by Gasteiger charge is -2.47. The summed E-state index contributed by atoms with van der Waals surface area (Å²) in [6, 6.07) is 10.3. The van der Waals surface area contributed by atoms with Crippen molar-refractivity contribution in [3.05, 3.63) is 46.2 Å². The molecular weight excluding hydrogens is 530 g/mol. The Hall–Kier alpha value is -3.46. The van der Waals surface area contributed by atoms with E-state index >= 15 is 0 Å². The molecule has 12 heteroatoms. The summed E-state index contributed by atoms with van der Waals surface area (Å²) >= 11 is 6.53. The van der Waals surface area contributed by atoms with Gasteiger partial charge in [0.25, 0.3) is 5.91 Å². The summed E-state index contributed by atoms with van der Waals surface area (Å²) in [4.78, 5) is 40.5. The smallest absolute Gasteiger partial charge is 0.274 e. The van der Waals surface area contributed by atoms with E-state index in [4.69, 9.17) is 22.6 Å². The number of hydrogen-bond acceptors (Lipinski definition) is 9. The number of hydrogen-bond donors (Lipinski definition) is 3. The highest BCUT2D eigenvalue weighted by atomic mass is 35.5. The van der Waals surface area contributed by atoms with Gasteiger partial charge in [-0.1, -0.05) is 30.7 Å². The van der Waals surface area contributed by atoms with E-state index in [1.54, 1.807) is 0 Å². The zero-order chi connectivity index (χ0) is 28.2. The van der Waals surface area contributed by atoms with Crippen LogP contribution in [-0.4, -0.2) is 89.0 Å². The number of piperazine rings is 1. The van der Waals surface area contributed by atoms with Gasteiger partial charge in [-0.2, -0.15) is 5.26 Å². The minimum absolute atomic E-state index is 0.000388. The van der Waals surface area contributed by atoms with Gasteiger partial charge in [0.05, 0.1) is 11.6 Å². The Balaban J connectivity index is 1.18. The van der Waals surface area contributed by atoms with Gasteiger partial charge < -0.3 is 21.3 Å². The first kappa shape index (κ1) is 28.1. The van der Waals surface area contributed by atoms with Gasteiger partial charge in [-0.05, 0) is 56.5 Å². The molecule has 0 bridgehead atoms. The van der Waals surface area contributed by atoms with Gasteiger partial charge in [-0.15, -0.1) is 0 Å². The number of nitrogens with zero attached hydrogens (tertiary/aromatic N) is 6. The molecule has 0 radical (unpaired) electrons. The first-order valence-corrected chi connectivity index (χ1v) is 14.4. The summed E-state index contributed by atoms with van der Waals surface area (Å²) in [5, 5.41) is 14.5. The van der Waals surface area contributed by atoms with E-state index in [2.05, 4.69) is 48.3 Å². The van der Waals surface area contributed by atoms with Gasteiger partial charge >= 0.3 is 0 Å². The fourth-order valence-electron chi connectivity index (χ4n) is 6.00. The van der Waals surface area contributed by atoms with Crippen LogP contribution >= 0.6 is 11.6 Å². The van der Waals surface area contributed by atoms with E-state index in [1.807, 2.05) is 24.3 Å². The molecule has 40 heavy (non-hydrogen) atoms. The van der Waals surface area contributed by atoms with Crippen LogP contribution in [0.2, 0.25) is 5.15 Å². The number of rotatable bonds is 7. The van der Waals surface area contributed by atoms with Crippen LogP contribution in [0, 0.1) is 11.3 Å². The number of nitrogen functional groups attached to an aromatic ring is 1. The number of halogens is 1. The van der Waals surface area contributed by atoms with Crippen LogP contribution in [0.25, 0.3) is 0 Å². The number of carbonyl (C=O) groups is 2. The SMILES string of the molecule is CC[C@H]1CN(c2nc(N)c(C(=O)NC3CCNC3=O)nc2Cl)CCN1C1CCN(Cc2ccc(C#N)cc2)CC1. The molecule has 0 spiro atoms. The normalized spacial score (nSPS) is 22.6. The molecule has 2 aromatic rings. The molecule has 11 nitrogen and oxygen atoms in total. The Labute approximate surface area is 239 Å². The Morgan fingerprint density at radius 3 is 2.58 bits per heavy atom. The van der Waals surface area contributed by atoms with Crippen LogP contribution < -0.4 is 21.3 Å². The Bertz CT molecular complexity index is 1270. The number of anilines is 2. The minimum atomic E-state index is -0.603. The number of nitriles is 1. The highest BCUT2D eigenvalue weighted by Crippen LogP contribution is 2.30. The number of aromatic nitrogens is 2. The van der Waals surface area contributed by atoms with E-state index in [0.29, 0.717) is 36.4 Å². The van der Waals surface area contributed by atoms with Gasteiger partial charge in [0.1, 0.15) is 6.04 Å². The quantitative estimate of drug-likeness (QED) is 0.457. The average Bonchev–Trinajstić information content (AvgIpc) is 3.38. The molecule has 3 aliphatic rings. The molecule has 2 atom stereocenters. The monoisotopic (exact) mass is 565 g/mol. The first-order valence-electron chi connectivity index (χ1n) is 14.0. The van der Waals surface area contributed by atoms with Crippen molar-refractivity contribution in [2.24, 2.45) is 0 Å². The summed E-state index contributed by atoms with van der Waals surface area (Å²) in [6.07, 6.45) is 3.74. The van der Waals surface area contributed by atoms with Crippen molar-refractivity contribution < 1.29 is 9.59 Å². The van der Waals surface area contributed by atoms with Crippen LogP contribution in [0.3, 0.4) is 0 Å². The maximum atomic E-state index is 12.7. The standard InChI is InChI=1S/C28H36ClN9O2/c1-2-20-17-37(26-24(29)34-23(25(31)35-26)28(40)33-22-7-10-32-27(22)39)13-14-38(20)21-8-11-36(12-9-21)16-19-5-3-18(15-30)4-6-19/h3-6,20-22H,2,7-14,16-17H2,1H3,(H2,31,35)(H,32,39)(H,33,40)/t20-,22?/m0/s1. The molecular formula is C28H36ClN9O2. The molecule has 3 aliphatic heterocycles. The number of benzene rings is 1. The van der Waals surface area contributed by atoms with Crippen molar-refractivity contribution in [3.8, 4) is 6.07 Å². The highest BCUT2D eigenvalue weighted by Gasteiger charge is 2.35. The lowest BCUT2D eigenvalue weighted by molar-refractivity contribution is -0.120. The molecule has 1 aromatic carbocycles. The third kappa shape index (κ3) is 6.14. The van der Waals surface area contributed by atoms with Crippen molar-refractivity contribution in [1.82, 2.24) is 30.4 Å². The molecule has 2 amide bonds. The maximum absolute atomic E-state index is 12.7. The Morgan fingerprint density at radius 1 is 1.18 bits per heavy atom. The fraction of sp³-hybridized carbons (Fsp3) is 0.536. The predicted octanol–water partition coefficient (Wildman–Crippen LogP) is 1.77. The van der Waals surface area contributed by atoms with E-state index in [-0.39, 0.29) is 22.6 Å². The van der Waals surface area contributed by atoms with Crippen molar-refractivity contribution in [2.75, 3.05) is 49.9 Å². The van der Waals surface area contributed by atoms with Crippen LogP contribution in [-0.2, 0) is 11.3 Å². The van der Waals surface area contributed by atoms with Gasteiger partial charge in [0.15, 0.2) is 22.5 Å². The van der Waals surface area contributed by atoms with Crippen LogP contribution in [0.4, 0.5) is 11.6 Å². The Kier molecular flexibility index (Phi) is 8.69. The van der Waals surface area contributed by atoms with Gasteiger partial charge in [0.2, 0.25) is 5.91 Å². The average molecular weight is 566 g/mol. The predicted molar refractivity (Wildman–Crippen MR) is 153 cm³/mol. The lowest BCUT2D eigenvalue weighted by Crippen LogP contribution is -2.58. The van der Waals surface area contributed by atoms with Crippen LogP contribution in [0.1, 0.15) is 54.2 Å². The fourth-order valence-corrected chi connectivity index (χ4v) is 6.25.